The number of aliphatic hydroxyl groups is 1. The van der Waals surface area contributed by atoms with Crippen molar-refractivity contribution in [2.24, 2.45) is 0 Å². The molecule has 1 nitrogen and oxygen atoms in total. The second kappa shape index (κ2) is 6.20. The minimum Gasteiger partial charge on any atom is -0.388 e. The van der Waals surface area contributed by atoms with Crippen LogP contribution < -0.4 is 0 Å². The Morgan fingerprint density at radius 3 is 2.56 bits per heavy atom. The molecule has 0 aliphatic carbocycles. The van der Waals surface area contributed by atoms with Gasteiger partial charge in [0.15, 0.2) is 0 Å². The fraction of sp³-hybridized carbons (Fsp3) is 0.143. The van der Waals surface area contributed by atoms with Gasteiger partial charge in [0.25, 0.3) is 0 Å². The van der Waals surface area contributed by atoms with Crippen LogP contribution >= 0.6 is 43.5 Å². The van der Waals surface area contributed by atoms with Crippen LogP contribution in [0, 0.1) is 0 Å². The second-order valence-corrected chi connectivity index (χ2v) is 6.22. The lowest BCUT2D eigenvalue weighted by molar-refractivity contribution is 0.177. The number of halogens is 3. The van der Waals surface area contributed by atoms with Crippen molar-refractivity contribution in [1.82, 2.24) is 0 Å². The summed E-state index contributed by atoms with van der Waals surface area (Å²) >= 11 is 12.7. The number of hydrogen-bond donors (Lipinski definition) is 1. The van der Waals surface area contributed by atoms with E-state index < -0.39 is 6.10 Å². The smallest absolute Gasteiger partial charge is 0.0841 e. The zero-order valence-electron chi connectivity index (χ0n) is 9.41. The van der Waals surface area contributed by atoms with Crippen LogP contribution in [0.15, 0.2) is 51.4 Å². The van der Waals surface area contributed by atoms with Gasteiger partial charge in [-0.1, -0.05) is 61.7 Å². The maximum absolute atomic E-state index is 10.2. The highest BCUT2D eigenvalue weighted by molar-refractivity contribution is 9.10. The summed E-state index contributed by atoms with van der Waals surface area (Å²) in [6.45, 7) is 0. The van der Waals surface area contributed by atoms with E-state index >= 15 is 0 Å². The Kier molecular flexibility index (Phi) is 4.84. The van der Waals surface area contributed by atoms with Crippen molar-refractivity contribution in [3.05, 3.63) is 67.6 Å². The van der Waals surface area contributed by atoms with Crippen LogP contribution in [-0.4, -0.2) is 5.11 Å². The molecule has 4 heteroatoms. The molecule has 0 bridgehead atoms. The Hall–Kier alpha value is -0.350. The van der Waals surface area contributed by atoms with Crippen LogP contribution in [0.4, 0.5) is 0 Å². The lowest BCUT2D eigenvalue weighted by atomic mass is 10.0. The molecule has 0 fully saturated rings. The lowest BCUT2D eigenvalue weighted by Crippen LogP contribution is -2.02. The number of benzene rings is 2. The van der Waals surface area contributed by atoms with Gasteiger partial charge in [-0.3, -0.25) is 0 Å². The quantitative estimate of drug-likeness (QED) is 0.769. The molecule has 0 saturated heterocycles. The summed E-state index contributed by atoms with van der Waals surface area (Å²) in [5, 5.41) is 10.9. The van der Waals surface area contributed by atoms with E-state index in [2.05, 4.69) is 31.9 Å². The molecule has 0 aliphatic rings. The van der Waals surface area contributed by atoms with Crippen molar-refractivity contribution >= 4 is 43.5 Å². The summed E-state index contributed by atoms with van der Waals surface area (Å²) in [7, 11) is 0. The molecular weight excluding hydrogens is 379 g/mol. The molecule has 1 unspecified atom stereocenters. The third-order valence-electron chi connectivity index (χ3n) is 2.64. The van der Waals surface area contributed by atoms with E-state index in [4.69, 9.17) is 11.6 Å². The molecule has 18 heavy (non-hydrogen) atoms. The van der Waals surface area contributed by atoms with Gasteiger partial charge in [0.05, 0.1) is 6.10 Å². The Balaban J connectivity index is 2.19. The van der Waals surface area contributed by atoms with E-state index in [1.807, 2.05) is 30.3 Å². The Labute approximate surface area is 128 Å². The van der Waals surface area contributed by atoms with Crippen LogP contribution in [-0.2, 0) is 6.42 Å². The first-order valence-electron chi connectivity index (χ1n) is 5.44. The molecule has 0 spiro atoms. The van der Waals surface area contributed by atoms with Gasteiger partial charge >= 0.3 is 0 Å². The molecule has 2 aromatic rings. The van der Waals surface area contributed by atoms with Crippen LogP contribution in [0.25, 0.3) is 0 Å². The van der Waals surface area contributed by atoms with E-state index in [-0.39, 0.29) is 0 Å². The fourth-order valence-electron chi connectivity index (χ4n) is 1.77. The summed E-state index contributed by atoms with van der Waals surface area (Å²) in [5.41, 5.74) is 1.93. The van der Waals surface area contributed by atoms with E-state index in [1.54, 1.807) is 12.1 Å². The van der Waals surface area contributed by atoms with Gasteiger partial charge in [0.1, 0.15) is 0 Å². The predicted octanol–water partition coefficient (Wildman–Crippen LogP) is 5.14. The highest BCUT2D eigenvalue weighted by atomic mass is 79.9. The number of rotatable bonds is 3. The van der Waals surface area contributed by atoms with E-state index in [0.29, 0.717) is 11.4 Å². The lowest BCUT2D eigenvalue weighted by Gasteiger charge is -2.13. The molecule has 0 aromatic heterocycles. The summed E-state index contributed by atoms with van der Waals surface area (Å²) in [5.74, 6) is 0. The summed E-state index contributed by atoms with van der Waals surface area (Å²) in [4.78, 5) is 0. The molecule has 1 atom stereocenters. The minimum atomic E-state index is -0.550. The van der Waals surface area contributed by atoms with Crippen molar-refractivity contribution < 1.29 is 5.11 Å². The summed E-state index contributed by atoms with van der Waals surface area (Å²) < 4.78 is 1.85. The molecule has 1 N–H and O–H groups in total. The molecule has 0 amide bonds. The van der Waals surface area contributed by atoms with Crippen molar-refractivity contribution in [2.45, 2.75) is 12.5 Å². The van der Waals surface area contributed by atoms with Crippen LogP contribution in [0.3, 0.4) is 0 Å². The van der Waals surface area contributed by atoms with Crippen LogP contribution in [0.1, 0.15) is 17.2 Å². The van der Waals surface area contributed by atoms with Gasteiger partial charge in [0, 0.05) is 20.4 Å². The predicted molar refractivity (Wildman–Crippen MR) is 82.0 cm³/mol. The second-order valence-electron chi connectivity index (χ2n) is 4.02. The molecule has 0 saturated carbocycles. The summed E-state index contributed by atoms with van der Waals surface area (Å²) in [6, 6.07) is 13.4. The standard InChI is InChI=1S/C14H11Br2ClO/c15-10-3-1-2-9(6-10)7-14(18)12-5-4-11(17)8-13(12)16/h1-6,8,14,18H,7H2. The topological polar surface area (TPSA) is 20.2 Å². The first-order chi connectivity index (χ1) is 8.56. The minimum absolute atomic E-state index is 0.550. The molecule has 0 heterocycles. The Morgan fingerprint density at radius 1 is 1.11 bits per heavy atom. The van der Waals surface area contributed by atoms with Gasteiger partial charge in [-0.2, -0.15) is 0 Å². The van der Waals surface area contributed by atoms with Gasteiger partial charge in [-0.15, -0.1) is 0 Å². The van der Waals surface area contributed by atoms with Gasteiger partial charge in [-0.05, 0) is 35.4 Å². The van der Waals surface area contributed by atoms with Crippen LogP contribution in [0.5, 0.6) is 0 Å². The van der Waals surface area contributed by atoms with Crippen molar-refractivity contribution in [3.8, 4) is 0 Å². The molecule has 2 rings (SSSR count). The maximum atomic E-state index is 10.2. The first kappa shape index (κ1) is 14.1. The summed E-state index contributed by atoms with van der Waals surface area (Å²) in [6.07, 6.45) is 0.0191. The van der Waals surface area contributed by atoms with Crippen molar-refractivity contribution in [1.29, 1.82) is 0 Å². The highest BCUT2D eigenvalue weighted by Gasteiger charge is 2.12. The number of hydrogen-bond acceptors (Lipinski definition) is 1. The van der Waals surface area contributed by atoms with Gasteiger partial charge in [-0.25, -0.2) is 0 Å². The monoisotopic (exact) mass is 388 g/mol. The van der Waals surface area contributed by atoms with E-state index in [1.165, 1.54) is 0 Å². The van der Waals surface area contributed by atoms with Crippen LogP contribution in [0.2, 0.25) is 5.02 Å². The number of aliphatic hydroxyl groups excluding tert-OH is 1. The molecule has 94 valence electrons. The molecule has 2 aromatic carbocycles. The van der Waals surface area contributed by atoms with E-state index in [9.17, 15) is 5.11 Å². The van der Waals surface area contributed by atoms with Gasteiger partial charge < -0.3 is 5.11 Å². The van der Waals surface area contributed by atoms with Gasteiger partial charge in [0.2, 0.25) is 0 Å². The molecular formula is C14H11Br2ClO. The average Bonchev–Trinajstić information content (AvgIpc) is 2.28. The third kappa shape index (κ3) is 3.58. The molecule has 0 aliphatic heterocycles. The fourth-order valence-corrected chi connectivity index (χ4v) is 3.16. The van der Waals surface area contributed by atoms with Crippen molar-refractivity contribution in [3.63, 3.8) is 0 Å². The normalized spacial score (nSPS) is 12.4. The Morgan fingerprint density at radius 2 is 1.89 bits per heavy atom. The van der Waals surface area contributed by atoms with Crippen molar-refractivity contribution in [2.75, 3.05) is 0 Å². The molecule has 0 radical (unpaired) electrons. The largest absolute Gasteiger partial charge is 0.388 e. The zero-order chi connectivity index (χ0) is 13.1. The first-order valence-corrected chi connectivity index (χ1v) is 7.40. The average molecular weight is 391 g/mol. The highest BCUT2D eigenvalue weighted by Crippen LogP contribution is 2.29. The zero-order valence-corrected chi connectivity index (χ0v) is 13.3. The third-order valence-corrected chi connectivity index (χ3v) is 4.05. The SMILES string of the molecule is OC(Cc1cccc(Br)c1)c1ccc(Cl)cc1Br. The maximum Gasteiger partial charge on any atom is 0.0841 e. The van der Waals surface area contributed by atoms with E-state index in [0.717, 1.165) is 20.1 Å². The Bertz CT molecular complexity index is 557.